The van der Waals surface area contributed by atoms with E-state index in [1.54, 1.807) is 36.3 Å². The van der Waals surface area contributed by atoms with E-state index in [4.69, 9.17) is 11.6 Å². The van der Waals surface area contributed by atoms with Crippen LogP contribution < -0.4 is 0 Å². The van der Waals surface area contributed by atoms with Gasteiger partial charge in [-0.2, -0.15) is 0 Å². The summed E-state index contributed by atoms with van der Waals surface area (Å²) in [6.45, 7) is 1.77. The highest BCUT2D eigenvalue weighted by Gasteiger charge is 2.02. The minimum Gasteiger partial charge on any atom is -0.294 e. The lowest BCUT2D eigenvalue weighted by atomic mass is 10.3. The Kier molecular flexibility index (Phi) is 3.01. The molecule has 0 unspecified atom stereocenters. The van der Waals surface area contributed by atoms with E-state index in [1.165, 1.54) is 12.1 Å². The molecule has 0 N–H and O–H groups in total. The van der Waals surface area contributed by atoms with Crippen LogP contribution in [0.1, 0.15) is 6.92 Å². The summed E-state index contributed by atoms with van der Waals surface area (Å²) < 4.78 is 15.1. The molecule has 2 rings (SSSR count). The average molecular weight is 238 g/mol. The Bertz CT molecular complexity index is 520. The van der Waals surface area contributed by atoms with E-state index in [2.05, 4.69) is 9.98 Å². The predicted molar refractivity (Wildman–Crippen MR) is 61.8 cm³/mol. The third-order valence-electron chi connectivity index (χ3n) is 2.07. The van der Waals surface area contributed by atoms with Crippen LogP contribution in [0.15, 0.2) is 41.9 Å². The van der Waals surface area contributed by atoms with Crippen molar-refractivity contribution >= 4 is 23.1 Å². The Hall–Kier alpha value is -1.68. The van der Waals surface area contributed by atoms with Gasteiger partial charge < -0.3 is 0 Å². The van der Waals surface area contributed by atoms with Gasteiger partial charge in [-0.25, -0.2) is 14.4 Å². The standard InChI is InChI=1S/C11H9ClFN3/c1-8(16-5-4-14-7-16)15-11-3-2-9(12)6-10(11)13/h2-7H,1H3/b15-8+. The summed E-state index contributed by atoms with van der Waals surface area (Å²) in [7, 11) is 0. The molecule has 0 aliphatic carbocycles. The highest BCUT2D eigenvalue weighted by atomic mass is 35.5. The maximum atomic E-state index is 13.4. The molecule has 0 fully saturated rings. The molecule has 1 aromatic carbocycles. The first-order valence-corrected chi connectivity index (χ1v) is 5.03. The molecular formula is C11H9ClFN3. The SMILES string of the molecule is C/C(=N\c1ccc(Cl)cc1F)n1ccnc1. The number of imidazole rings is 1. The molecule has 1 aromatic heterocycles. The van der Waals surface area contributed by atoms with Gasteiger partial charge in [0, 0.05) is 17.4 Å². The first kappa shape index (κ1) is 10.8. The maximum absolute atomic E-state index is 13.4. The van der Waals surface area contributed by atoms with E-state index < -0.39 is 5.82 Å². The molecule has 0 aliphatic heterocycles. The van der Waals surface area contributed by atoms with Gasteiger partial charge in [-0.3, -0.25) is 4.57 Å². The van der Waals surface area contributed by atoms with Crippen molar-refractivity contribution in [2.75, 3.05) is 0 Å². The van der Waals surface area contributed by atoms with E-state index in [0.29, 0.717) is 10.9 Å². The van der Waals surface area contributed by atoms with Gasteiger partial charge in [-0.15, -0.1) is 0 Å². The summed E-state index contributed by atoms with van der Waals surface area (Å²) in [4.78, 5) is 8.04. The second-order valence-corrected chi connectivity index (χ2v) is 3.66. The largest absolute Gasteiger partial charge is 0.294 e. The summed E-state index contributed by atoms with van der Waals surface area (Å²) in [5, 5.41) is 0.358. The molecule has 0 saturated carbocycles. The van der Waals surface area contributed by atoms with Crippen LogP contribution in [0.3, 0.4) is 0 Å². The summed E-state index contributed by atoms with van der Waals surface area (Å²) in [5.41, 5.74) is 0.260. The number of hydrogen-bond acceptors (Lipinski definition) is 2. The van der Waals surface area contributed by atoms with E-state index in [-0.39, 0.29) is 5.69 Å². The molecule has 16 heavy (non-hydrogen) atoms. The Morgan fingerprint density at radius 2 is 2.31 bits per heavy atom. The fourth-order valence-electron chi connectivity index (χ4n) is 1.25. The average Bonchev–Trinajstić information content (AvgIpc) is 2.75. The van der Waals surface area contributed by atoms with Crippen LogP contribution in [0, 0.1) is 5.82 Å². The van der Waals surface area contributed by atoms with Crippen LogP contribution >= 0.6 is 11.6 Å². The normalized spacial score (nSPS) is 11.8. The van der Waals surface area contributed by atoms with Gasteiger partial charge in [-0.05, 0) is 25.1 Å². The van der Waals surface area contributed by atoms with E-state index in [1.807, 2.05) is 0 Å². The highest BCUT2D eigenvalue weighted by Crippen LogP contribution is 2.21. The second-order valence-electron chi connectivity index (χ2n) is 3.22. The van der Waals surface area contributed by atoms with Gasteiger partial charge in [0.05, 0.1) is 0 Å². The smallest absolute Gasteiger partial charge is 0.150 e. The van der Waals surface area contributed by atoms with Crippen molar-refractivity contribution in [2.24, 2.45) is 4.99 Å². The van der Waals surface area contributed by atoms with E-state index >= 15 is 0 Å². The highest BCUT2D eigenvalue weighted by molar-refractivity contribution is 6.30. The van der Waals surface area contributed by atoms with Crippen molar-refractivity contribution in [3.8, 4) is 0 Å². The predicted octanol–water partition coefficient (Wildman–Crippen LogP) is 3.27. The molecule has 0 amide bonds. The van der Waals surface area contributed by atoms with E-state index in [9.17, 15) is 4.39 Å². The molecule has 5 heteroatoms. The zero-order valence-electron chi connectivity index (χ0n) is 8.56. The molecular weight excluding hydrogens is 229 g/mol. The van der Waals surface area contributed by atoms with Crippen LogP contribution in [0.4, 0.5) is 10.1 Å². The summed E-state index contributed by atoms with van der Waals surface area (Å²) in [6, 6.07) is 4.38. The topological polar surface area (TPSA) is 30.2 Å². The quantitative estimate of drug-likeness (QED) is 0.553. The number of halogens is 2. The second kappa shape index (κ2) is 4.45. The number of benzene rings is 1. The van der Waals surface area contributed by atoms with Crippen LogP contribution in [-0.2, 0) is 0 Å². The Labute approximate surface area is 97.2 Å². The molecule has 0 spiro atoms. The fourth-order valence-corrected chi connectivity index (χ4v) is 1.41. The molecule has 3 nitrogen and oxygen atoms in total. The molecule has 0 atom stereocenters. The van der Waals surface area contributed by atoms with Crippen molar-refractivity contribution < 1.29 is 4.39 Å². The fraction of sp³-hybridized carbons (Fsp3) is 0.0909. The van der Waals surface area contributed by atoms with Crippen LogP contribution in [0.25, 0.3) is 0 Å². The number of aromatic nitrogens is 2. The van der Waals surface area contributed by atoms with Crippen molar-refractivity contribution in [3.63, 3.8) is 0 Å². The van der Waals surface area contributed by atoms with Gasteiger partial charge in [0.2, 0.25) is 0 Å². The van der Waals surface area contributed by atoms with Crippen LogP contribution in [0.2, 0.25) is 5.02 Å². The lowest BCUT2D eigenvalue weighted by molar-refractivity contribution is 0.630. The molecule has 82 valence electrons. The Balaban J connectivity index is 2.36. The molecule has 0 saturated heterocycles. The zero-order chi connectivity index (χ0) is 11.5. The summed E-state index contributed by atoms with van der Waals surface area (Å²) in [5.74, 6) is 0.200. The summed E-state index contributed by atoms with van der Waals surface area (Å²) >= 11 is 5.65. The monoisotopic (exact) mass is 237 g/mol. The van der Waals surface area contributed by atoms with E-state index in [0.717, 1.165) is 0 Å². The van der Waals surface area contributed by atoms with Crippen LogP contribution in [0.5, 0.6) is 0 Å². The lowest BCUT2D eigenvalue weighted by Gasteiger charge is -2.02. The first-order valence-electron chi connectivity index (χ1n) is 4.65. The van der Waals surface area contributed by atoms with Gasteiger partial charge >= 0.3 is 0 Å². The maximum Gasteiger partial charge on any atom is 0.150 e. The number of aliphatic imine (C=N–C) groups is 1. The van der Waals surface area contributed by atoms with Gasteiger partial charge in [0.25, 0.3) is 0 Å². The Morgan fingerprint density at radius 1 is 1.50 bits per heavy atom. The van der Waals surface area contributed by atoms with Crippen molar-refractivity contribution in [3.05, 3.63) is 47.8 Å². The number of nitrogens with zero attached hydrogens (tertiary/aromatic N) is 3. The molecule has 2 aromatic rings. The minimum absolute atomic E-state index is 0.260. The first-order chi connectivity index (χ1) is 7.66. The Morgan fingerprint density at radius 3 is 2.94 bits per heavy atom. The van der Waals surface area contributed by atoms with Gasteiger partial charge in [-0.1, -0.05) is 11.6 Å². The minimum atomic E-state index is -0.438. The molecule has 1 heterocycles. The third kappa shape index (κ3) is 2.28. The third-order valence-corrected chi connectivity index (χ3v) is 2.31. The molecule has 0 bridgehead atoms. The molecule has 0 radical (unpaired) electrons. The van der Waals surface area contributed by atoms with Gasteiger partial charge in [0.15, 0.2) is 0 Å². The van der Waals surface area contributed by atoms with Crippen molar-refractivity contribution in [1.29, 1.82) is 0 Å². The lowest BCUT2D eigenvalue weighted by Crippen LogP contribution is -2.03. The molecule has 0 aliphatic rings. The van der Waals surface area contributed by atoms with Crippen molar-refractivity contribution in [1.82, 2.24) is 9.55 Å². The number of hydrogen-bond donors (Lipinski definition) is 0. The number of rotatable bonds is 1. The zero-order valence-corrected chi connectivity index (χ0v) is 9.32. The van der Waals surface area contributed by atoms with Crippen molar-refractivity contribution in [2.45, 2.75) is 6.92 Å². The van der Waals surface area contributed by atoms with Gasteiger partial charge in [0.1, 0.15) is 23.7 Å². The summed E-state index contributed by atoms with van der Waals surface area (Å²) in [6.07, 6.45) is 4.98. The van der Waals surface area contributed by atoms with Crippen LogP contribution in [-0.4, -0.2) is 15.4 Å².